The van der Waals surface area contributed by atoms with Crippen molar-refractivity contribution < 1.29 is 19.0 Å². The molecule has 4 heteroatoms. The van der Waals surface area contributed by atoms with E-state index in [9.17, 15) is 4.79 Å². The van der Waals surface area contributed by atoms with Crippen molar-refractivity contribution in [1.82, 2.24) is 0 Å². The van der Waals surface area contributed by atoms with Gasteiger partial charge in [0.05, 0.1) is 13.2 Å². The number of epoxide rings is 1. The second kappa shape index (κ2) is 4.48. The molecule has 108 valence electrons. The predicted octanol–water partition coefficient (Wildman–Crippen LogP) is 2.80. The first-order valence-electron chi connectivity index (χ1n) is 7.10. The Morgan fingerprint density at radius 1 is 1.25 bits per heavy atom. The Kier molecular flexibility index (Phi) is 3.01. The third-order valence-corrected chi connectivity index (χ3v) is 4.25. The fourth-order valence-corrected chi connectivity index (χ4v) is 3.28. The number of hydrogen-bond donors (Lipinski definition) is 0. The predicted molar refractivity (Wildman–Crippen MR) is 73.6 cm³/mol. The normalized spacial score (nSPS) is 31.0. The van der Waals surface area contributed by atoms with E-state index in [0.29, 0.717) is 0 Å². The van der Waals surface area contributed by atoms with E-state index in [2.05, 4.69) is 0 Å². The molecule has 1 aromatic carbocycles. The number of methoxy groups -OCH3 is 1. The summed E-state index contributed by atoms with van der Waals surface area (Å²) in [5.41, 5.74) is -0.201. The van der Waals surface area contributed by atoms with E-state index in [1.54, 1.807) is 7.11 Å². The molecular formula is C16H20O4. The maximum atomic E-state index is 12.3. The van der Waals surface area contributed by atoms with Crippen LogP contribution in [0.5, 0.6) is 5.75 Å². The molecule has 4 nitrogen and oxygen atoms in total. The van der Waals surface area contributed by atoms with E-state index >= 15 is 0 Å². The van der Waals surface area contributed by atoms with Crippen molar-refractivity contribution in [1.29, 1.82) is 0 Å². The van der Waals surface area contributed by atoms with Crippen LogP contribution in [0.15, 0.2) is 24.3 Å². The van der Waals surface area contributed by atoms with Gasteiger partial charge in [-0.3, -0.25) is 0 Å². The van der Waals surface area contributed by atoms with Gasteiger partial charge in [-0.2, -0.15) is 0 Å². The Hall–Kier alpha value is -1.55. The minimum absolute atomic E-state index is 0.116. The van der Waals surface area contributed by atoms with Crippen LogP contribution in [0.2, 0.25) is 0 Å². The molecular weight excluding hydrogens is 256 g/mol. The van der Waals surface area contributed by atoms with Gasteiger partial charge in [0.25, 0.3) is 0 Å². The maximum absolute atomic E-state index is 12.3. The molecule has 1 aromatic rings. The molecule has 2 fully saturated rings. The van der Waals surface area contributed by atoms with Gasteiger partial charge in [0.2, 0.25) is 0 Å². The topological polar surface area (TPSA) is 48.1 Å². The maximum Gasteiger partial charge on any atom is 0.342 e. The lowest BCUT2D eigenvalue weighted by molar-refractivity contribution is -0.154. The molecule has 2 unspecified atom stereocenters. The van der Waals surface area contributed by atoms with Crippen LogP contribution >= 0.6 is 0 Å². The molecule has 0 N–H and O–H groups in total. The Bertz CT molecular complexity index is 522. The molecule has 3 rings (SSSR count). The Labute approximate surface area is 119 Å². The van der Waals surface area contributed by atoms with Crippen LogP contribution in [-0.2, 0) is 19.9 Å². The fraction of sp³-hybridized carbons (Fsp3) is 0.562. The molecule has 0 radical (unpaired) electrons. The van der Waals surface area contributed by atoms with Gasteiger partial charge in [-0.15, -0.1) is 0 Å². The standard InChI is InChI=1S/C16H20O4/c1-11(2)19-14(17)16-10-4-9-15(16,20-16)12-5-7-13(18-3)8-6-12/h5-8,11H,4,9-10H2,1-3H3. The van der Waals surface area contributed by atoms with E-state index < -0.39 is 11.2 Å². The number of hydrogen-bond acceptors (Lipinski definition) is 4. The molecule has 1 saturated carbocycles. The number of benzene rings is 1. The van der Waals surface area contributed by atoms with E-state index in [1.165, 1.54) is 0 Å². The Morgan fingerprint density at radius 3 is 2.55 bits per heavy atom. The van der Waals surface area contributed by atoms with Crippen LogP contribution in [0, 0.1) is 0 Å². The summed E-state index contributed by atoms with van der Waals surface area (Å²) in [5, 5.41) is 0. The van der Waals surface area contributed by atoms with Crippen LogP contribution in [0.25, 0.3) is 0 Å². The average molecular weight is 276 g/mol. The summed E-state index contributed by atoms with van der Waals surface area (Å²) in [5.74, 6) is 0.583. The molecule has 0 bridgehead atoms. The molecule has 0 aromatic heterocycles. The molecule has 2 aliphatic rings. The van der Waals surface area contributed by atoms with Crippen LogP contribution in [-0.4, -0.2) is 24.8 Å². The molecule has 1 saturated heterocycles. The minimum atomic E-state index is -0.758. The van der Waals surface area contributed by atoms with Crippen LogP contribution in [0.4, 0.5) is 0 Å². The van der Waals surface area contributed by atoms with Crippen molar-refractivity contribution in [2.75, 3.05) is 7.11 Å². The van der Waals surface area contributed by atoms with Crippen molar-refractivity contribution in [3.63, 3.8) is 0 Å². The van der Waals surface area contributed by atoms with E-state index in [4.69, 9.17) is 14.2 Å². The van der Waals surface area contributed by atoms with E-state index in [0.717, 1.165) is 30.6 Å². The summed E-state index contributed by atoms with van der Waals surface area (Å²) in [4.78, 5) is 12.3. The van der Waals surface area contributed by atoms with Crippen molar-refractivity contribution in [2.45, 2.75) is 50.4 Å². The molecule has 1 aliphatic heterocycles. The van der Waals surface area contributed by atoms with Gasteiger partial charge in [-0.1, -0.05) is 12.1 Å². The average Bonchev–Trinajstić information content (AvgIpc) is 2.96. The highest BCUT2D eigenvalue weighted by molar-refractivity contribution is 5.86. The van der Waals surface area contributed by atoms with Gasteiger partial charge < -0.3 is 14.2 Å². The van der Waals surface area contributed by atoms with Crippen molar-refractivity contribution >= 4 is 5.97 Å². The number of rotatable bonds is 4. The van der Waals surface area contributed by atoms with Crippen molar-refractivity contribution in [3.05, 3.63) is 29.8 Å². The van der Waals surface area contributed by atoms with Gasteiger partial charge >= 0.3 is 5.97 Å². The zero-order chi connectivity index (χ0) is 14.4. The number of fused-ring (bicyclic) bond motifs is 1. The zero-order valence-electron chi connectivity index (χ0n) is 12.1. The summed E-state index contributed by atoms with van der Waals surface area (Å²) in [6.07, 6.45) is 2.48. The van der Waals surface area contributed by atoms with Crippen LogP contribution < -0.4 is 4.74 Å². The van der Waals surface area contributed by atoms with E-state index in [-0.39, 0.29) is 12.1 Å². The highest BCUT2D eigenvalue weighted by atomic mass is 16.7. The summed E-state index contributed by atoms with van der Waals surface area (Å²) < 4.78 is 16.5. The molecule has 0 spiro atoms. The van der Waals surface area contributed by atoms with Gasteiger partial charge in [0.1, 0.15) is 11.4 Å². The number of ether oxygens (including phenoxy) is 3. The minimum Gasteiger partial charge on any atom is -0.497 e. The lowest BCUT2D eigenvalue weighted by Gasteiger charge is -2.14. The SMILES string of the molecule is COc1ccc(C23CCCC2(C(=O)OC(C)C)O3)cc1. The first-order valence-corrected chi connectivity index (χ1v) is 7.10. The molecule has 0 amide bonds. The van der Waals surface area contributed by atoms with Crippen molar-refractivity contribution in [2.24, 2.45) is 0 Å². The van der Waals surface area contributed by atoms with Gasteiger partial charge in [0, 0.05) is 0 Å². The Morgan fingerprint density at radius 2 is 1.95 bits per heavy atom. The summed E-state index contributed by atoms with van der Waals surface area (Å²) >= 11 is 0. The van der Waals surface area contributed by atoms with Crippen LogP contribution in [0.3, 0.4) is 0 Å². The second-order valence-corrected chi connectivity index (χ2v) is 5.79. The lowest BCUT2D eigenvalue weighted by Crippen LogP contribution is -2.32. The summed E-state index contributed by atoms with van der Waals surface area (Å²) in [7, 11) is 1.64. The number of esters is 1. The quantitative estimate of drug-likeness (QED) is 0.626. The fourth-order valence-electron chi connectivity index (χ4n) is 3.28. The second-order valence-electron chi connectivity index (χ2n) is 5.79. The number of carbonyl (C=O) groups is 1. The molecule has 2 atom stereocenters. The zero-order valence-corrected chi connectivity index (χ0v) is 12.1. The van der Waals surface area contributed by atoms with Gasteiger partial charge in [-0.25, -0.2) is 4.79 Å². The molecule has 1 heterocycles. The Balaban J connectivity index is 1.87. The summed E-state index contributed by atoms with van der Waals surface area (Å²) in [6, 6.07) is 7.77. The van der Waals surface area contributed by atoms with Crippen molar-refractivity contribution in [3.8, 4) is 5.75 Å². The monoisotopic (exact) mass is 276 g/mol. The largest absolute Gasteiger partial charge is 0.497 e. The highest BCUT2D eigenvalue weighted by Crippen LogP contribution is 2.66. The molecule has 1 aliphatic carbocycles. The third-order valence-electron chi connectivity index (χ3n) is 4.25. The first-order chi connectivity index (χ1) is 9.54. The summed E-state index contributed by atoms with van der Waals surface area (Å²) in [6.45, 7) is 3.72. The highest BCUT2D eigenvalue weighted by Gasteiger charge is 2.78. The van der Waals surface area contributed by atoms with E-state index in [1.807, 2.05) is 38.1 Å². The third kappa shape index (κ3) is 1.74. The number of carbonyl (C=O) groups excluding carboxylic acids is 1. The van der Waals surface area contributed by atoms with Crippen LogP contribution in [0.1, 0.15) is 38.7 Å². The molecule has 20 heavy (non-hydrogen) atoms. The smallest absolute Gasteiger partial charge is 0.342 e. The van der Waals surface area contributed by atoms with Gasteiger partial charge in [-0.05, 0) is 50.8 Å². The van der Waals surface area contributed by atoms with Gasteiger partial charge in [0.15, 0.2) is 5.60 Å². The lowest BCUT2D eigenvalue weighted by atomic mass is 9.89. The first kappa shape index (κ1) is 13.4.